The van der Waals surface area contributed by atoms with Crippen molar-refractivity contribution in [3.63, 3.8) is 0 Å². The second-order valence-electron chi connectivity index (χ2n) is 8.09. The van der Waals surface area contributed by atoms with Crippen LogP contribution in [-0.2, 0) is 4.79 Å². The number of methoxy groups -OCH3 is 1. The molecule has 1 aromatic heterocycles. The second kappa shape index (κ2) is 8.12. The first kappa shape index (κ1) is 21.3. The molecule has 0 aliphatic carbocycles. The summed E-state index contributed by atoms with van der Waals surface area (Å²) in [6.07, 6.45) is 0. The molecule has 0 bridgehead atoms. The number of furan rings is 1. The van der Waals surface area contributed by atoms with Gasteiger partial charge in [0.15, 0.2) is 22.9 Å². The van der Waals surface area contributed by atoms with Crippen LogP contribution in [0.2, 0.25) is 0 Å². The number of aryl methyl sites for hydroxylation is 1. The minimum atomic E-state index is -0.968. The van der Waals surface area contributed by atoms with E-state index in [2.05, 4.69) is 0 Å². The van der Waals surface area contributed by atoms with E-state index < -0.39 is 23.5 Å². The van der Waals surface area contributed by atoms with Gasteiger partial charge in [-0.2, -0.15) is 0 Å². The Bertz CT molecular complexity index is 1460. The van der Waals surface area contributed by atoms with Gasteiger partial charge in [0.2, 0.25) is 5.78 Å². The molecule has 0 fully saturated rings. The van der Waals surface area contributed by atoms with E-state index in [0.29, 0.717) is 28.0 Å². The number of aromatic hydroxyl groups is 1. The van der Waals surface area contributed by atoms with Crippen molar-refractivity contribution < 1.29 is 29.0 Å². The summed E-state index contributed by atoms with van der Waals surface area (Å²) < 4.78 is 11.1. The maximum atomic E-state index is 13.7. The van der Waals surface area contributed by atoms with E-state index in [0.717, 1.165) is 5.56 Å². The summed E-state index contributed by atoms with van der Waals surface area (Å²) in [5.74, 6) is -1.61. The Hall–Kier alpha value is -4.52. The van der Waals surface area contributed by atoms with Crippen molar-refractivity contribution in [2.24, 2.45) is 0 Å². The highest BCUT2D eigenvalue weighted by molar-refractivity contribution is 6.20. The molecule has 7 heteroatoms. The van der Waals surface area contributed by atoms with Gasteiger partial charge in [-0.25, -0.2) is 0 Å². The monoisotopic (exact) mass is 455 g/mol. The summed E-state index contributed by atoms with van der Waals surface area (Å²) >= 11 is 0. The standard InChI is InChI=1S/C27H21NO6/c1-15-9-11-18(12-10-15)28-23(16-5-3-7-19(29)13-16)22(25(31)27(28)32)24(30)21-14-17-6-4-8-20(33-2)26(17)34-21/h3-14,23,29,31H,1-2H3. The maximum Gasteiger partial charge on any atom is 0.294 e. The molecule has 3 aromatic carbocycles. The van der Waals surface area contributed by atoms with Gasteiger partial charge in [0, 0.05) is 11.1 Å². The fourth-order valence-electron chi connectivity index (χ4n) is 4.26. The average Bonchev–Trinajstić information content (AvgIpc) is 3.39. The van der Waals surface area contributed by atoms with Gasteiger partial charge in [-0.1, -0.05) is 42.0 Å². The highest BCUT2D eigenvalue weighted by Crippen LogP contribution is 2.43. The van der Waals surface area contributed by atoms with Crippen molar-refractivity contribution in [3.05, 3.63) is 101 Å². The molecule has 0 radical (unpaired) electrons. The van der Waals surface area contributed by atoms with Crippen molar-refractivity contribution in [1.82, 2.24) is 0 Å². The Morgan fingerprint density at radius 1 is 1.00 bits per heavy atom. The van der Waals surface area contributed by atoms with Crippen LogP contribution >= 0.6 is 0 Å². The number of Topliss-reactive ketones (excluding diaryl/α,β-unsaturated/α-hetero) is 1. The minimum Gasteiger partial charge on any atom is -0.508 e. The zero-order chi connectivity index (χ0) is 24.0. The summed E-state index contributed by atoms with van der Waals surface area (Å²) in [6, 6.07) is 19.3. The lowest BCUT2D eigenvalue weighted by atomic mass is 9.94. The number of hydrogen-bond acceptors (Lipinski definition) is 6. The van der Waals surface area contributed by atoms with Gasteiger partial charge in [-0.05, 0) is 48.9 Å². The van der Waals surface area contributed by atoms with Crippen LogP contribution in [0.15, 0.2) is 88.5 Å². The van der Waals surface area contributed by atoms with Crippen molar-refractivity contribution >= 4 is 28.3 Å². The first-order chi connectivity index (χ1) is 16.4. The zero-order valence-corrected chi connectivity index (χ0v) is 18.5. The number of amides is 1. The molecule has 170 valence electrons. The molecule has 1 unspecified atom stereocenters. The Labute approximate surface area is 195 Å². The molecule has 0 saturated carbocycles. The molecule has 0 saturated heterocycles. The molecule has 5 rings (SSSR count). The van der Waals surface area contributed by atoms with E-state index in [1.54, 1.807) is 48.5 Å². The quantitative estimate of drug-likeness (QED) is 0.399. The predicted molar refractivity (Wildman–Crippen MR) is 126 cm³/mol. The third-order valence-corrected chi connectivity index (χ3v) is 5.90. The molecular formula is C27H21NO6. The summed E-state index contributed by atoms with van der Waals surface area (Å²) in [6.45, 7) is 1.92. The molecule has 1 atom stereocenters. The number of phenolic OH excluding ortho intramolecular Hbond substituents is 1. The molecule has 2 heterocycles. The van der Waals surface area contributed by atoms with Gasteiger partial charge < -0.3 is 19.4 Å². The topological polar surface area (TPSA) is 100 Å². The SMILES string of the molecule is COc1cccc2cc(C(=O)C3=C(O)C(=O)N(c4ccc(C)cc4)C3c3cccc(O)c3)oc12. The van der Waals surface area contributed by atoms with E-state index in [1.165, 1.54) is 24.1 Å². The number of hydrogen-bond donors (Lipinski definition) is 2. The maximum absolute atomic E-state index is 13.7. The fourth-order valence-corrected chi connectivity index (χ4v) is 4.26. The van der Waals surface area contributed by atoms with Crippen LogP contribution in [0.1, 0.15) is 27.7 Å². The second-order valence-corrected chi connectivity index (χ2v) is 8.09. The number of carbonyl (C=O) groups is 2. The fraction of sp³-hybridized carbons (Fsp3) is 0.111. The number of nitrogens with zero attached hydrogens (tertiary/aromatic N) is 1. The van der Waals surface area contributed by atoms with Crippen molar-refractivity contribution in [3.8, 4) is 11.5 Å². The number of benzene rings is 3. The number of rotatable bonds is 5. The molecule has 1 aliphatic rings. The van der Waals surface area contributed by atoms with Gasteiger partial charge in [-0.15, -0.1) is 0 Å². The van der Waals surface area contributed by atoms with E-state index in [1.807, 2.05) is 19.1 Å². The Kier molecular flexibility index (Phi) is 5.09. The van der Waals surface area contributed by atoms with Crippen LogP contribution in [0, 0.1) is 6.92 Å². The number of carbonyl (C=O) groups excluding carboxylic acids is 2. The number of aliphatic hydroxyl groups is 1. The predicted octanol–water partition coefficient (Wildman–Crippen LogP) is 5.24. The lowest BCUT2D eigenvalue weighted by Crippen LogP contribution is -2.31. The highest BCUT2D eigenvalue weighted by atomic mass is 16.5. The van der Waals surface area contributed by atoms with Gasteiger partial charge in [-0.3, -0.25) is 14.5 Å². The van der Waals surface area contributed by atoms with Crippen LogP contribution in [0.4, 0.5) is 5.69 Å². The number of phenols is 1. The van der Waals surface area contributed by atoms with Crippen LogP contribution in [0.3, 0.4) is 0 Å². The van der Waals surface area contributed by atoms with Crippen molar-refractivity contribution in [2.75, 3.05) is 12.0 Å². The Morgan fingerprint density at radius 2 is 1.74 bits per heavy atom. The molecule has 4 aromatic rings. The molecular weight excluding hydrogens is 434 g/mol. The van der Waals surface area contributed by atoms with Crippen molar-refractivity contribution in [1.29, 1.82) is 0 Å². The summed E-state index contributed by atoms with van der Waals surface area (Å²) in [5.41, 5.74) is 2.23. The third-order valence-electron chi connectivity index (χ3n) is 5.90. The summed E-state index contributed by atoms with van der Waals surface area (Å²) in [4.78, 5) is 28.3. The number of para-hydroxylation sites is 1. The first-order valence-electron chi connectivity index (χ1n) is 10.6. The number of aliphatic hydroxyl groups excluding tert-OH is 1. The van der Waals surface area contributed by atoms with E-state index in [9.17, 15) is 19.8 Å². The Balaban J connectivity index is 1.67. The largest absolute Gasteiger partial charge is 0.508 e. The van der Waals surface area contributed by atoms with E-state index in [-0.39, 0.29) is 17.1 Å². The van der Waals surface area contributed by atoms with Gasteiger partial charge in [0.25, 0.3) is 5.91 Å². The molecule has 2 N–H and O–H groups in total. The molecule has 0 spiro atoms. The van der Waals surface area contributed by atoms with E-state index >= 15 is 0 Å². The lowest BCUT2D eigenvalue weighted by molar-refractivity contribution is -0.117. The molecule has 34 heavy (non-hydrogen) atoms. The molecule has 7 nitrogen and oxygen atoms in total. The molecule has 1 amide bonds. The normalized spacial score (nSPS) is 15.9. The van der Waals surface area contributed by atoms with Crippen LogP contribution in [0.25, 0.3) is 11.0 Å². The van der Waals surface area contributed by atoms with Gasteiger partial charge in [0.1, 0.15) is 5.75 Å². The molecule has 1 aliphatic heterocycles. The van der Waals surface area contributed by atoms with Crippen LogP contribution in [-0.4, -0.2) is 29.0 Å². The zero-order valence-electron chi connectivity index (χ0n) is 18.5. The smallest absolute Gasteiger partial charge is 0.294 e. The van der Waals surface area contributed by atoms with Crippen LogP contribution in [0.5, 0.6) is 11.5 Å². The Morgan fingerprint density at radius 3 is 2.44 bits per heavy atom. The van der Waals surface area contributed by atoms with Gasteiger partial charge in [0.05, 0.1) is 18.7 Å². The summed E-state index contributed by atoms with van der Waals surface area (Å²) in [5, 5.41) is 21.6. The van der Waals surface area contributed by atoms with E-state index in [4.69, 9.17) is 9.15 Å². The number of anilines is 1. The first-order valence-corrected chi connectivity index (χ1v) is 10.6. The number of fused-ring (bicyclic) bond motifs is 1. The van der Waals surface area contributed by atoms with Crippen molar-refractivity contribution in [2.45, 2.75) is 13.0 Å². The van der Waals surface area contributed by atoms with Crippen LogP contribution < -0.4 is 9.64 Å². The highest BCUT2D eigenvalue weighted by Gasteiger charge is 2.45. The minimum absolute atomic E-state index is 0.0273. The number of ether oxygens (including phenoxy) is 1. The average molecular weight is 455 g/mol. The summed E-state index contributed by atoms with van der Waals surface area (Å²) in [7, 11) is 1.50. The lowest BCUT2D eigenvalue weighted by Gasteiger charge is -2.27. The third kappa shape index (κ3) is 3.38. The van der Waals surface area contributed by atoms with Gasteiger partial charge >= 0.3 is 0 Å². The number of ketones is 1.